The average Bonchev–Trinajstić information content (AvgIpc) is 2.35. The van der Waals surface area contributed by atoms with Gasteiger partial charge in [0.15, 0.2) is 0 Å². The van der Waals surface area contributed by atoms with Crippen molar-refractivity contribution in [1.82, 2.24) is 0 Å². The van der Waals surface area contributed by atoms with E-state index in [1.54, 1.807) is 18.2 Å². The van der Waals surface area contributed by atoms with E-state index in [1.165, 1.54) is 18.2 Å². The van der Waals surface area contributed by atoms with Crippen LogP contribution in [0.4, 0.5) is 4.39 Å². The number of benzene rings is 2. The fourth-order valence-electron chi connectivity index (χ4n) is 1.62. The Morgan fingerprint density at radius 2 is 1.83 bits per heavy atom. The highest BCUT2D eigenvalue weighted by Crippen LogP contribution is 2.35. The fourth-order valence-corrected chi connectivity index (χ4v) is 2.46. The molecule has 2 rings (SSSR count). The first-order chi connectivity index (χ1) is 8.50. The minimum Gasteiger partial charge on any atom is -0.384 e. The van der Waals surface area contributed by atoms with Crippen LogP contribution in [0.15, 0.2) is 40.9 Å². The second kappa shape index (κ2) is 5.57. The molecule has 5 heteroatoms. The first-order valence-electron chi connectivity index (χ1n) is 5.07. The summed E-state index contributed by atoms with van der Waals surface area (Å²) >= 11 is 15.3. The normalized spacial score (nSPS) is 12.5. The van der Waals surface area contributed by atoms with E-state index in [-0.39, 0.29) is 5.56 Å². The third-order valence-corrected chi connectivity index (χ3v) is 4.18. The molecule has 1 N–H and O–H groups in total. The molecule has 0 amide bonds. The zero-order chi connectivity index (χ0) is 13.3. The van der Waals surface area contributed by atoms with Gasteiger partial charge in [-0.25, -0.2) is 4.39 Å². The highest BCUT2D eigenvalue weighted by molar-refractivity contribution is 9.10. The summed E-state index contributed by atoms with van der Waals surface area (Å²) in [4.78, 5) is 0. The zero-order valence-electron chi connectivity index (χ0n) is 9.00. The lowest BCUT2D eigenvalue weighted by Gasteiger charge is -2.15. The first kappa shape index (κ1) is 13.8. The predicted octanol–water partition coefficient (Wildman–Crippen LogP) is 4.98. The molecule has 0 heterocycles. The Morgan fingerprint density at radius 1 is 1.11 bits per heavy atom. The van der Waals surface area contributed by atoms with E-state index in [4.69, 9.17) is 23.2 Å². The minimum atomic E-state index is -1.07. The number of rotatable bonds is 2. The molecule has 0 bridgehead atoms. The lowest BCUT2D eigenvalue weighted by atomic mass is 10.0. The van der Waals surface area contributed by atoms with Gasteiger partial charge in [0.2, 0.25) is 0 Å². The van der Waals surface area contributed by atoms with Gasteiger partial charge in [-0.05, 0) is 40.2 Å². The Morgan fingerprint density at radius 3 is 2.56 bits per heavy atom. The van der Waals surface area contributed by atoms with Crippen molar-refractivity contribution >= 4 is 39.1 Å². The number of aliphatic hydroxyl groups excluding tert-OH is 1. The van der Waals surface area contributed by atoms with Crippen molar-refractivity contribution in [2.45, 2.75) is 6.10 Å². The largest absolute Gasteiger partial charge is 0.384 e. The van der Waals surface area contributed by atoms with Gasteiger partial charge in [-0.1, -0.05) is 35.3 Å². The highest BCUT2D eigenvalue weighted by Gasteiger charge is 2.18. The predicted molar refractivity (Wildman–Crippen MR) is 74.6 cm³/mol. The second-order valence-corrected chi connectivity index (χ2v) is 5.35. The summed E-state index contributed by atoms with van der Waals surface area (Å²) in [6, 6.07) is 9.00. The van der Waals surface area contributed by atoms with Gasteiger partial charge in [-0.2, -0.15) is 0 Å². The standard InChI is InChI=1S/C13H8BrCl2FO/c14-10-3-1-2-8(12(10)16)13(18)9-6-7(17)4-5-11(9)15/h1-6,13,18H. The Bertz CT molecular complexity index is 587. The third-order valence-electron chi connectivity index (χ3n) is 2.53. The number of hydrogen-bond acceptors (Lipinski definition) is 1. The van der Waals surface area contributed by atoms with Crippen molar-refractivity contribution in [2.24, 2.45) is 0 Å². The molecule has 0 aliphatic rings. The van der Waals surface area contributed by atoms with Crippen LogP contribution in [0.2, 0.25) is 10.0 Å². The van der Waals surface area contributed by atoms with Gasteiger partial charge < -0.3 is 5.11 Å². The van der Waals surface area contributed by atoms with Crippen molar-refractivity contribution in [3.8, 4) is 0 Å². The molecule has 0 aliphatic heterocycles. The molecule has 2 aromatic carbocycles. The van der Waals surface area contributed by atoms with Crippen LogP contribution in [-0.4, -0.2) is 5.11 Å². The van der Waals surface area contributed by atoms with E-state index in [1.807, 2.05) is 0 Å². The SMILES string of the molecule is OC(c1cc(F)ccc1Cl)c1cccc(Br)c1Cl. The smallest absolute Gasteiger partial charge is 0.123 e. The second-order valence-electron chi connectivity index (χ2n) is 3.71. The lowest BCUT2D eigenvalue weighted by Crippen LogP contribution is -2.02. The van der Waals surface area contributed by atoms with Crippen molar-refractivity contribution in [2.75, 3.05) is 0 Å². The molecule has 0 fully saturated rings. The monoisotopic (exact) mass is 348 g/mol. The summed E-state index contributed by atoms with van der Waals surface area (Å²) in [7, 11) is 0. The molecule has 1 nitrogen and oxygen atoms in total. The summed E-state index contributed by atoms with van der Waals surface area (Å²) in [5, 5.41) is 10.9. The summed E-state index contributed by atoms with van der Waals surface area (Å²) in [5.41, 5.74) is 0.759. The van der Waals surface area contributed by atoms with Crippen LogP contribution >= 0.6 is 39.1 Å². The van der Waals surface area contributed by atoms with E-state index >= 15 is 0 Å². The average molecular weight is 350 g/mol. The van der Waals surface area contributed by atoms with Crippen LogP contribution in [0.1, 0.15) is 17.2 Å². The summed E-state index contributed by atoms with van der Waals surface area (Å²) in [5.74, 6) is -0.459. The van der Waals surface area contributed by atoms with Crippen molar-refractivity contribution in [1.29, 1.82) is 0 Å². The summed E-state index contributed by atoms with van der Waals surface area (Å²) < 4.78 is 13.9. The van der Waals surface area contributed by atoms with Crippen molar-refractivity contribution < 1.29 is 9.50 Å². The van der Waals surface area contributed by atoms with Crippen LogP contribution < -0.4 is 0 Å². The Labute approximate surface area is 122 Å². The van der Waals surface area contributed by atoms with Gasteiger partial charge >= 0.3 is 0 Å². The van der Waals surface area contributed by atoms with Gasteiger partial charge in [0.05, 0.1) is 5.02 Å². The molecule has 1 unspecified atom stereocenters. The topological polar surface area (TPSA) is 20.2 Å². The maximum absolute atomic E-state index is 13.2. The maximum Gasteiger partial charge on any atom is 0.123 e. The highest BCUT2D eigenvalue weighted by atomic mass is 79.9. The van der Waals surface area contributed by atoms with Crippen LogP contribution in [-0.2, 0) is 0 Å². The maximum atomic E-state index is 13.2. The van der Waals surface area contributed by atoms with E-state index in [9.17, 15) is 9.50 Å². The number of aliphatic hydroxyl groups is 1. The van der Waals surface area contributed by atoms with Crippen molar-refractivity contribution in [3.63, 3.8) is 0 Å². The Kier molecular flexibility index (Phi) is 4.28. The molecule has 18 heavy (non-hydrogen) atoms. The van der Waals surface area contributed by atoms with Crippen LogP contribution in [0.3, 0.4) is 0 Å². The third kappa shape index (κ3) is 2.69. The first-order valence-corrected chi connectivity index (χ1v) is 6.62. The van der Waals surface area contributed by atoms with E-state index in [2.05, 4.69) is 15.9 Å². The molecule has 2 aromatic rings. The van der Waals surface area contributed by atoms with Gasteiger partial charge in [-0.15, -0.1) is 0 Å². The van der Waals surface area contributed by atoms with Crippen LogP contribution in [0.5, 0.6) is 0 Å². The molecule has 0 spiro atoms. The number of hydrogen-bond donors (Lipinski definition) is 1. The van der Waals surface area contributed by atoms with E-state index < -0.39 is 11.9 Å². The molecule has 1 atom stereocenters. The molecule has 0 saturated carbocycles. The summed E-state index contributed by atoms with van der Waals surface area (Å²) in [6.07, 6.45) is -1.07. The van der Waals surface area contributed by atoms with Crippen LogP contribution in [0, 0.1) is 5.82 Å². The summed E-state index contributed by atoms with van der Waals surface area (Å²) in [6.45, 7) is 0. The molecule has 0 aliphatic carbocycles. The molecule has 0 radical (unpaired) electrons. The molecule has 0 saturated heterocycles. The molecular formula is C13H8BrCl2FO. The van der Waals surface area contributed by atoms with Crippen molar-refractivity contribution in [3.05, 3.63) is 67.9 Å². The lowest BCUT2D eigenvalue weighted by molar-refractivity contribution is 0.220. The number of halogens is 4. The quantitative estimate of drug-likeness (QED) is 0.810. The van der Waals surface area contributed by atoms with E-state index in [0.29, 0.717) is 20.1 Å². The van der Waals surface area contributed by atoms with Crippen LogP contribution in [0.25, 0.3) is 0 Å². The van der Waals surface area contributed by atoms with E-state index in [0.717, 1.165) is 0 Å². The van der Waals surface area contributed by atoms with Gasteiger partial charge in [0.25, 0.3) is 0 Å². The zero-order valence-corrected chi connectivity index (χ0v) is 12.1. The molecule has 0 aromatic heterocycles. The molecular weight excluding hydrogens is 342 g/mol. The fraction of sp³-hybridized carbons (Fsp3) is 0.0769. The Balaban J connectivity index is 2.51. The Hall–Kier alpha value is -0.610. The van der Waals surface area contributed by atoms with Gasteiger partial charge in [-0.3, -0.25) is 0 Å². The minimum absolute atomic E-state index is 0.289. The van der Waals surface area contributed by atoms with Gasteiger partial charge in [0, 0.05) is 20.6 Å². The molecule has 94 valence electrons. The van der Waals surface area contributed by atoms with Gasteiger partial charge in [0.1, 0.15) is 11.9 Å².